The van der Waals surface area contributed by atoms with Gasteiger partial charge in [-0.3, -0.25) is 5.10 Å². The number of anilines is 1. The van der Waals surface area contributed by atoms with Crippen molar-refractivity contribution in [2.45, 2.75) is 44.2 Å². The molecule has 3 aliphatic heterocycles. The van der Waals surface area contributed by atoms with Crippen molar-refractivity contribution in [2.75, 3.05) is 31.1 Å². The van der Waals surface area contributed by atoms with Gasteiger partial charge in [-0.25, -0.2) is 0 Å². The highest BCUT2D eigenvalue weighted by molar-refractivity contribution is 5.34. The number of hydrogen-bond acceptors (Lipinski definition) is 5. The van der Waals surface area contributed by atoms with Crippen LogP contribution in [-0.2, 0) is 10.3 Å². The van der Waals surface area contributed by atoms with Crippen LogP contribution < -0.4 is 10.2 Å². The summed E-state index contributed by atoms with van der Waals surface area (Å²) in [5.41, 5.74) is -0.269. The first-order valence-corrected chi connectivity index (χ1v) is 7.80. The van der Waals surface area contributed by atoms with Crippen LogP contribution in [0.2, 0.25) is 0 Å². The summed E-state index contributed by atoms with van der Waals surface area (Å²) in [4.78, 5) is 7.14. The number of ether oxygens (including phenoxy) is 1. The van der Waals surface area contributed by atoms with Crippen LogP contribution >= 0.6 is 0 Å². The zero-order valence-corrected chi connectivity index (χ0v) is 12.1. The van der Waals surface area contributed by atoms with Crippen LogP contribution in [0.25, 0.3) is 0 Å². The SMILES string of the molecule is CC1(c2nc(N3CCCC4CNCC43)n[nH]2)CCCO1. The Balaban J connectivity index is 1.58. The second-order valence-corrected chi connectivity index (χ2v) is 6.49. The third-order valence-corrected chi connectivity index (χ3v) is 5.13. The second-order valence-electron chi connectivity index (χ2n) is 6.49. The summed E-state index contributed by atoms with van der Waals surface area (Å²) in [6.07, 6.45) is 4.69. The predicted octanol–water partition coefficient (Wildman–Crippen LogP) is 1.02. The fraction of sp³-hybridized carbons (Fsp3) is 0.857. The van der Waals surface area contributed by atoms with Crippen LogP contribution in [0.4, 0.5) is 5.95 Å². The molecule has 6 nitrogen and oxygen atoms in total. The molecule has 1 aromatic heterocycles. The Bertz CT molecular complexity index is 482. The summed E-state index contributed by atoms with van der Waals surface area (Å²) in [6, 6.07) is 0.560. The molecule has 0 radical (unpaired) electrons. The quantitative estimate of drug-likeness (QED) is 0.845. The zero-order valence-electron chi connectivity index (χ0n) is 12.1. The van der Waals surface area contributed by atoms with Gasteiger partial charge < -0.3 is 15.0 Å². The van der Waals surface area contributed by atoms with Gasteiger partial charge >= 0.3 is 0 Å². The van der Waals surface area contributed by atoms with Crippen molar-refractivity contribution >= 4 is 5.95 Å². The normalized spacial score (nSPS) is 37.4. The Morgan fingerprint density at radius 3 is 3.15 bits per heavy atom. The number of aromatic amines is 1. The minimum atomic E-state index is -0.269. The highest BCUT2D eigenvalue weighted by atomic mass is 16.5. The van der Waals surface area contributed by atoms with Crippen LogP contribution in [0.15, 0.2) is 0 Å². The molecule has 0 amide bonds. The van der Waals surface area contributed by atoms with Gasteiger partial charge in [0, 0.05) is 32.3 Å². The molecule has 1 aromatic rings. The molecule has 0 aromatic carbocycles. The summed E-state index contributed by atoms with van der Waals surface area (Å²) in [7, 11) is 0. The van der Waals surface area contributed by atoms with E-state index in [9.17, 15) is 0 Å². The number of hydrogen-bond donors (Lipinski definition) is 2. The molecule has 110 valence electrons. The fourth-order valence-corrected chi connectivity index (χ4v) is 3.90. The van der Waals surface area contributed by atoms with Crippen molar-refractivity contribution < 1.29 is 4.74 Å². The minimum absolute atomic E-state index is 0.269. The Kier molecular flexibility index (Phi) is 2.96. The summed E-state index contributed by atoms with van der Waals surface area (Å²) in [5, 5.41) is 11.1. The molecule has 20 heavy (non-hydrogen) atoms. The molecule has 3 fully saturated rings. The molecule has 0 spiro atoms. The molecular weight excluding hydrogens is 254 g/mol. The van der Waals surface area contributed by atoms with E-state index in [1.807, 2.05) is 0 Å². The molecule has 3 unspecified atom stereocenters. The first-order chi connectivity index (χ1) is 9.76. The van der Waals surface area contributed by atoms with Crippen LogP contribution in [-0.4, -0.2) is 47.5 Å². The molecule has 0 saturated carbocycles. The molecule has 6 heteroatoms. The van der Waals surface area contributed by atoms with Crippen LogP contribution in [0, 0.1) is 5.92 Å². The number of nitrogens with one attached hydrogen (secondary N) is 2. The van der Waals surface area contributed by atoms with E-state index in [1.54, 1.807) is 0 Å². The monoisotopic (exact) mass is 277 g/mol. The molecule has 4 heterocycles. The predicted molar refractivity (Wildman–Crippen MR) is 75.6 cm³/mol. The number of nitrogens with zero attached hydrogens (tertiary/aromatic N) is 3. The maximum Gasteiger partial charge on any atom is 0.245 e. The van der Waals surface area contributed by atoms with Crippen LogP contribution in [0.3, 0.4) is 0 Å². The Morgan fingerprint density at radius 1 is 1.35 bits per heavy atom. The van der Waals surface area contributed by atoms with Crippen molar-refractivity contribution in [1.29, 1.82) is 0 Å². The highest BCUT2D eigenvalue weighted by Crippen LogP contribution is 2.35. The second kappa shape index (κ2) is 4.70. The molecule has 4 rings (SSSR count). The van der Waals surface area contributed by atoms with Crippen molar-refractivity contribution in [3.8, 4) is 0 Å². The summed E-state index contributed by atoms with van der Waals surface area (Å²) in [5.74, 6) is 2.50. The van der Waals surface area contributed by atoms with Crippen LogP contribution in [0.5, 0.6) is 0 Å². The van der Waals surface area contributed by atoms with E-state index in [0.717, 1.165) is 56.8 Å². The molecule has 0 bridgehead atoms. The van der Waals surface area contributed by atoms with Crippen molar-refractivity contribution in [3.63, 3.8) is 0 Å². The summed E-state index contributed by atoms with van der Waals surface area (Å²) < 4.78 is 5.85. The average Bonchev–Trinajstić information content (AvgIpc) is 3.18. The smallest absolute Gasteiger partial charge is 0.245 e. The van der Waals surface area contributed by atoms with Gasteiger partial charge in [-0.1, -0.05) is 0 Å². The van der Waals surface area contributed by atoms with Crippen molar-refractivity contribution in [2.24, 2.45) is 5.92 Å². The standard InChI is InChI=1S/C14H23N5O/c1-14(5-3-7-20-14)12-16-13(18-17-12)19-6-2-4-10-8-15-9-11(10)19/h10-11,15H,2-9H2,1H3,(H,16,17,18). The molecule has 0 aliphatic carbocycles. The van der Waals surface area contributed by atoms with Crippen LogP contribution in [0.1, 0.15) is 38.4 Å². The molecule has 3 atom stereocenters. The first kappa shape index (κ1) is 12.6. The van der Waals surface area contributed by atoms with Gasteiger partial charge in [-0.2, -0.15) is 4.98 Å². The first-order valence-electron chi connectivity index (χ1n) is 7.80. The van der Waals surface area contributed by atoms with Gasteiger partial charge in [-0.05, 0) is 38.5 Å². The number of piperidine rings is 1. The lowest BCUT2D eigenvalue weighted by Gasteiger charge is -2.36. The number of rotatable bonds is 2. The van der Waals surface area contributed by atoms with E-state index in [1.165, 1.54) is 12.8 Å². The van der Waals surface area contributed by atoms with Gasteiger partial charge in [0.25, 0.3) is 0 Å². The Labute approximate surface area is 119 Å². The van der Waals surface area contributed by atoms with Crippen molar-refractivity contribution in [3.05, 3.63) is 5.82 Å². The summed E-state index contributed by atoms with van der Waals surface area (Å²) in [6.45, 7) is 6.20. The minimum Gasteiger partial charge on any atom is -0.367 e. The molecule has 3 aliphatic rings. The van der Waals surface area contributed by atoms with E-state index in [2.05, 4.69) is 27.3 Å². The maximum atomic E-state index is 5.85. The third kappa shape index (κ3) is 1.93. The summed E-state index contributed by atoms with van der Waals surface area (Å²) >= 11 is 0. The van der Waals surface area contributed by atoms with Crippen molar-refractivity contribution in [1.82, 2.24) is 20.5 Å². The number of fused-ring (bicyclic) bond motifs is 1. The molecular formula is C14H23N5O. The van der Waals surface area contributed by atoms with Gasteiger partial charge in [0.1, 0.15) is 5.60 Å². The Morgan fingerprint density at radius 2 is 2.30 bits per heavy atom. The third-order valence-electron chi connectivity index (χ3n) is 5.13. The van der Waals surface area contributed by atoms with Gasteiger partial charge in [0.05, 0.1) is 0 Å². The largest absolute Gasteiger partial charge is 0.367 e. The lowest BCUT2D eigenvalue weighted by Crippen LogP contribution is -2.45. The maximum absolute atomic E-state index is 5.85. The lowest BCUT2D eigenvalue weighted by molar-refractivity contribution is 0.00966. The highest BCUT2D eigenvalue weighted by Gasteiger charge is 2.39. The molecule has 3 saturated heterocycles. The fourth-order valence-electron chi connectivity index (χ4n) is 3.90. The molecule has 2 N–H and O–H groups in total. The zero-order chi connectivity index (χ0) is 13.6. The average molecular weight is 277 g/mol. The van der Waals surface area contributed by atoms with E-state index in [0.29, 0.717) is 6.04 Å². The van der Waals surface area contributed by atoms with E-state index >= 15 is 0 Å². The van der Waals surface area contributed by atoms with Gasteiger partial charge in [-0.15, -0.1) is 5.10 Å². The van der Waals surface area contributed by atoms with Gasteiger partial charge in [0.15, 0.2) is 5.82 Å². The lowest BCUT2D eigenvalue weighted by atomic mass is 9.92. The Hall–Kier alpha value is -1.14. The number of H-pyrrole nitrogens is 1. The van der Waals surface area contributed by atoms with E-state index < -0.39 is 0 Å². The topological polar surface area (TPSA) is 66.1 Å². The number of aromatic nitrogens is 3. The van der Waals surface area contributed by atoms with E-state index in [4.69, 9.17) is 9.72 Å². The van der Waals surface area contributed by atoms with Gasteiger partial charge in [0.2, 0.25) is 5.95 Å². The van der Waals surface area contributed by atoms with E-state index in [-0.39, 0.29) is 5.60 Å².